The monoisotopic (exact) mass is 256 g/mol. The quantitative estimate of drug-likeness (QED) is 0.866. The van der Waals surface area contributed by atoms with Gasteiger partial charge >= 0.3 is 0 Å². The SMILES string of the molecule is O=C1CCC(c2ccc(C3CCCCC3)cc2)=NN1. The van der Waals surface area contributed by atoms with Gasteiger partial charge in [0.15, 0.2) is 0 Å². The maximum atomic E-state index is 11.1. The van der Waals surface area contributed by atoms with E-state index in [4.69, 9.17) is 0 Å². The molecule has 0 radical (unpaired) electrons. The molecule has 0 aromatic heterocycles. The lowest BCUT2D eigenvalue weighted by Gasteiger charge is -2.22. The Morgan fingerprint density at radius 2 is 1.74 bits per heavy atom. The fraction of sp³-hybridized carbons (Fsp3) is 0.500. The molecule has 1 fully saturated rings. The highest BCUT2D eigenvalue weighted by atomic mass is 16.2. The summed E-state index contributed by atoms with van der Waals surface area (Å²) < 4.78 is 0. The van der Waals surface area contributed by atoms with E-state index >= 15 is 0 Å². The van der Waals surface area contributed by atoms with E-state index in [1.54, 1.807) is 0 Å². The minimum absolute atomic E-state index is 0.0163. The van der Waals surface area contributed by atoms with Gasteiger partial charge in [-0.25, -0.2) is 5.43 Å². The van der Waals surface area contributed by atoms with Gasteiger partial charge in [-0.15, -0.1) is 0 Å². The molecule has 1 aromatic rings. The third-order valence-corrected chi connectivity index (χ3v) is 4.22. The van der Waals surface area contributed by atoms with Crippen molar-refractivity contribution >= 4 is 11.6 Å². The van der Waals surface area contributed by atoms with Gasteiger partial charge in [0.25, 0.3) is 0 Å². The summed E-state index contributed by atoms with van der Waals surface area (Å²) >= 11 is 0. The van der Waals surface area contributed by atoms with Crippen molar-refractivity contribution in [2.45, 2.75) is 50.9 Å². The van der Waals surface area contributed by atoms with Gasteiger partial charge in [0, 0.05) is 12.8 Å². The Labute approximate surface area is 114 Å². The highest BCUT2D eigenvalue weighted by Gasteiger charge is 2.17. The van der Waals surface area contributed by atoms with Crippen molar-refractivity contribution in [3.05, 3.63) is 35.4 Å². The first kappa shape index (κ1) is 12.4. The summed E-state index contributed by atoms with van der Waals surface area (Å²) in [4.78, 5) is 11.1. The molecule has 2 aliphatic rings. The lowest BCUT2D eigenvalue weighted by atomic mass is 9.84. The zero-order chi connectivity index (χ0) is 13.1. The van der Waals surface area contributed by atoms with E-state index in [9.17, 15) is 4.79 Å². The molecule has 0 spiro atoms. The molecule has 1 amide bonds. The third-order valence-electron chi connectivity index (χ3n) is 4.22. The van der Waals surface area contributed by atoms with E-state index < -0.39 is 0 Å². The van der Waals surface area contributed by atoms with Gasteiger partial charge in [0.2, 0.25) is 5.91 Å². The molecule has 19 heavy (non-hydrogen) atoms. The van der Waals surface area contributed by atoms with Crippen LogP contribution in [0.3, 0.4) is 0 Å². The van der Waals surface area contributed by atoms with E-state index in [0.717, 1.165) is 23.6 Å². The van der Waals surface area contributed by atoms with Crippen LogP contribution in [0.25, 0.3) is 0 Å². The average molecular weight is 256 g/mol. The Hall–Kier alpha value is -1.64. The predicted molar refractivity (Wildman–Crippen MR) is 76.2 cm³/mol. The van der Waals surface area contributed by atoms with Crippen LogP contribution < -0.4 is 5.43 Å². The standard InChI is InChI=1S/C16H20N2O/c19-16-11-10-15(17-18-16)14-8-6-13(7-9-14)12-4-2-1-3-5-12/h6-9,12H,1-5,10-11H2,(H,18,19). The number of carbonyl (C=O) groups is 1. The van der Waals surface area contributed by atoms with Crippen molar-refractivity contribution in [2.75, 3.05) is 0 Å². The summed E-state index contributed by atoms with van der Waals surface area (Å²) in [5.41, 5.74) is 6.15. The summed E-state index contributed by atoms with van der Waals surface area (Å²) in [6, 6.07) is 8.79. The molecule has 0 atom stereocenters. The number of rotatable bonds is 2. The highest BCUT2D eigenvalue weighted by Crippen LogP contribution is 2.32. The van der Waals surface area contributed by atoms with Crippen molar-refractivity contribution < 1.29 is 4.79 Å². The number of carbonyl (C=O) groups excluding carboxylic acids is 1. The van der Waals surface area contributed by atoms with E-state index in [-0.39, 0.29) is 5.91 Å². The molecule has 1 aromatic carbocycles. The van der Waals surface area contributed by atoms with Crippen LogP contribution in [-0.4, -0.2) is 11.6 Å². The Kier molecular flexibility index (Phi) is 3.62. The van der Waals surface area contributed by atoms with Gasteiger partial charge in [-0.1, -0.05) is 43.5 Å². The molecular weight excluding hydrogens is 236 g/mol. The van der Waals surface area contributed by atoms with Gasteiger partial charge in [-0.2, -0.15) is 5.10 Å². The molecule has 3 nitrogen and oxygen atoms in total. The average Bonchev–Trinajstić information content (AvgIpc) is 2.49. The van der Waals surface area contributed by atoms with Crippen molar-refractivity contribution in [2.24, 2.45) is 5.10 Å². The van der Waals surface area contributed by atoms with Gasteiger partial charge in [-0.05, 0) is 29.9 Å². The normalized spacial score (nSPS) is 20.8. The largest absolute Gasteiger partial charge is 0.273 e. The van der Waals surface area contributed by atoms with E-state index in [1.165, 1.54) is 37.7 Å². The van der Waals surface area contributed by atoms with Crippen LogP contribution in [0, 0.1) is 0 Å². The molecule has 3 rings (SSSR count). The molecule has 1 heterocycles. The molecule has 1 N–H and O–H groups in total. The van der Waals surface area contributed by atoms with Crippen LogP contribution in [0.4, 0.5) is 0 Å². The Bertz CT molecular complexity index is 484. The number of amides is 1. The number of nitrogens with one attached hydrogen (secondary N) is 1. The predicted octanol–water partition coefficient (Wildman–Crippen LogP) is 3.35. The summed E-state index contributed by atoms with van der Waals surface area (Å²) in [5, 5.41) is 4.14. The first-order valence-corrected chi connectivity index (χ1v) is 7.28. The lowest BCUT2D eigenvalue weighted by molar-refractivity contribution is -0.121. The molecule has 0 bridgehead atoms. The van der Waals surface area contributed by atoms with Crippen molar-refractivity contribution in [1.29, 1.82) is 0 Å². The summed E-state index contributed by atoms with van der Waals surface area (Å²) in [7, 11) is 0. The zero-order valence-corrected chi connectivity index (χ0v) is 11.2. The fourth-order valence-electron chi connectivity index (χ4n) is 3.07. The first-order valence-electron chi connectivity index (χ1n) is 7.28. The maximum absolute atomic E-state index is 11.1. The summed E-state index contributed by atoms with van der Waals surface area (Å²) in [6.45, 7) is 0. The molecule has 1 saturated carbocycles. The van der Waals surface area contributed by atoms with Crippen LogP contribution in [0.1, 0.15) is 62.0 Å². The summed E-state index contributed by atoms with van der Waals surface area (Å²) in [6.07, 6.45) is 8.08. The molecule has 0 unspecified atom stereocenters. The molecule has 0 saturated heterocycles. The van der Waals surface area contributed by atoms with Crippen molar-refractivity contribution in [1.82, 2.24) is 5.43 Å². The van der Waals surface area contributed by atoms with Crippen LogP contribution in [0.2, 0.25) is 0 Å². The molecule has 1 aliphatic heterocycles. The number of hydrogen-bond donors (Lipinski definition) is 1. The lowest BCUT2D eigenvalue weighted by Crippen LogP contribution is -2.25. The molecular formula is C16H20N2O. The Morgan fingerprint density at radius 3 is 2.37 bits per heavy atom. The van der Waals surface area contributed by atoms with Gasteiger partial charge < -0.3 is 0 Å². The second-order valence-corrected chi connectivity index (χ2v) is 5.55. The van der Waals surface area contributed by atoms with Gasteiger partial charge in [0.05, 0.1) is 5.71 Å². The smallest absolute Gasteiger partial charge is 0.240 e. The minimum Gasteiger partial charge on any atom is -0.273 e. The Morgan fingerprint density at radius 1 is 1.00 bits per heavy atom. The van der Waals surface area contributed by atoms with Gasteiger partial charge in [0.1, 0.15) is 0 Å². The van der Waals surface area contributed by atoms with Crippen LogP contribution in [0.15, 0.2) is 29.4 Å². The highest BCUT2D eigenvalue weighted by molar-refractivity contribution is 6.04. The fourth-order valence-corrected chi connectivity index (χ4v) is 3.07. The second kappa shape index (κ2) is 5.55. The molecule has 100 valence electrons. The maximum Gasteiger partial charge on any atom is 0.240 e. The summed E-state index contributed by atoms with van der Waals surface area (Å²) in [5.74, 6) is 0.762. The van der Waals surface area contributed by atoms with Crippen LogP contribution in [0.5, 0.6) is 0 Å². The van der Waals surface area contributed by atoms with E-state index in [1.807, 2.05) is 0 Å². The topological polar surface area (TPSA) is 41.5 Å². The van der Waals surface area contributed by atoms with Crippen LogP contribution in [-0.2, 0) is 4.79 Å². The van der Waals surface area contributed by atoms with Crippen molar-refractivity contribution in [3.63, 3.8) is 0 Å². The second-order valence-electron chi connectivity index (χ2n) is 5.55. The van der Waals surface area contributed by atoms with Crippen molar-refractivity contribution in [3.8, 4) is 0 Å². The Balaban J connectivity index is 1.73. The minimum atomic E-state index is 0.0163. The molecule has 1 aliphatic carbocycles. The van der Waals surface area contributed by atoms with E-state index in [0.29, 0.717) is 6.42 Å². The molecule has 3 heteroatoms. The number of benzene rings is 1. The van der Waals surface area contributed by atoms with Crippen LogP contribution >= 0.6 is 0 Å². The van der Waals surface area contributed by atoms with E-state index in [2.05, 4.69) is 34.8 Å². The zero-order valence-electron chi connectivity index (χ0n) is 11.2. The number of hydrogen-bond acceptors (Lipinski definition) is 2. The number of hydrazone groups is 1. The van der Waals surface area contributed by atoms with Gasteiger partial charge in [-0.3, -0.25) is 4.79 Å². The third kappa shape index (κ3) is 2.86. The number of nitrogens with zero attached hydrogens (tertiary/aromatic N) is 1. The first-order chi connectivity index (χ1) is 9.33.